The smallest absolute Gasteiger partial charge is 0.0110 e. The number of rotatable bonds is 4. The molecule has 0 bridgehead atoms. The Bertz CT molecular complexity index is 52.2. The first-order valence-corrected chi connectivity index (χ1v) is 2.85. The highest BCUT2D eigenvalue weighted by Crippen LogP contribution is 1.77. The highest BCUT2D eigenvalue weighted by atomic mass is 35.5. The third-order valence-electron chi connectivity index (χ3n) is 0.926. The summed E-state index contributed by atoms with van der Waals surface area (Å²) in [7, 11) is 4.10. The number of nitrogens with two attached hydrogens (primary N) is 1. The van der Waals surface area contributed by atoms with Gasteiger partial charge in [0.1, 0.15) is 0 Å². The number of halogens is 2. The van der Waals surface area contributed by atoms with Crippen LogP contribution in [-0.4, -0.2) is 32.1 Å². The fourth-order valence-corrected chi connectivity index (χ4v) is 0.497. The van der Waals surface area contributed by atoms with E-state index in [0.29, 0.717) is 0 Å². The maximum absolute atomic E-state index is 5.05. The molecule has 3 nitrogen and oxygen atoms in total. The Hall–Kier alpha value is 0.460. The molecule has 0 aromatic carbocycles. The van der Waals surface area contributed by atoms with Gasteiger partial charge in [-0.1, -0.05) is 0 Å². The van der Waals surface area contributed by atoms with Gasteiger partial charge in [0, 0.05) is 6.54 Å². The lowest BCUT2D eigenvalue weighted by molar-refractivity contribution is 0.395. The minimum absolute atomic E-state index is 0. The summed E-state index contributed by atoms with van der Waals surface area (Å²) in [6.07, 6.45) is 1.11. The molecule has 0 heterocycles. The van der Waals surface area contributed by atoms with Crippen LogP contribution in [-0.2, 0) is 0 Å². The third-order valence-corrected chi connectivity index (χ3v) is 0.926. The molecule has 0 rings (SSSR count). The van der Waals surface area contributed by atoms with Crippen LogP contribution in [0.15, 0.2) is 0 Å². The van der Waals surface area contributed by atoms with Crippen LogP contribution >= 0.6 is 24.8 Å². The number of hydrogen-bond acceptors (Lipinski definition) is 3. The third kappa shape index (κ3) is 15.8. The van der Waals surface area contributed by atoms with Crippen LogP contribution in [0.1, 0.15) is 6.42 Å². The van der Waals surface area contributed by atoms with Gasteiger partial charge in [-0.25, -0.2) is 0 Å². The molecular weight excluding hydrogens is 173 g/mol. The lowest BCUT2D eigenvalue weighted by Crippen LogP contribution is -2.26. The van der Waals surface area contributed by atoms with Gasteiger partial charge in [-0.3, -0.25) is 11.3 Å². The second kappa shape index (κ2) is 12.2. The molecule has 0 aliphatic carbocycles. The highest BCUT2D eigenvalue weighted by Gasteiger charge is 1.86. The fraction of sp³-hybridized carbons (Fsp3) is 1.00. The average Bonchev–Trinajstić information content (AvgIpc) is 1.66. The van der Waals surface area contributed by atoms with E-state index in [1.807, 2.05) is 0 Å². The van der Waals surface area contributed by atoms with Crippen LogP contribution in [0.5, 0.6) is 0 Å². The molecule has 0 amide bonds. The van der Waals surface area contributed by atoms with Gasteiger partial charge in [-0.15, -0.1) is 24.8 Å². The van der Waals surface area contributed by atoms with Gasteiger partial charge in [0.2, 0.25) is 0 Å². The van der Waals surface area contributed by atoms with Crippen molar-refractivity contribution in [3.05, 3.63) is 0 Å². The van der Waals surface area contributed by atoms with E-state index in [1.165, 1.54) is 0 Å². The Labute approximate surface area is 75.1 Å². The van der Waals surface area contributed by atoms with Crippen molar-refractivity contribution < 1.29 is 0 Å². The Kier molecular flexibility index (Phi) is 20.5. The molecule has 10 heavy (non-hydrogen) atoms. The van der Waals surface area contributed by atoms with E-state index < -0.39 is 0 Å². The number of hydrazine groups is 1. The summed E-state index contributed by atoms with van der Waals surface area (Å²) in [5.41, 5.74) is 2.60. The molecule has 0 spiro atoms. The molecule has 0 saturated carbocycles. The maximum Gasteiger partial charge on any atom is 0.0110 e. The van der Waals surface area contributed by atoms with E-state index in [4.69, 9.17) is 5.84 Å². The topological polar surface area (TPSA) is 41.3 Å². The first kappa shape index (κ1) is 16.8. The van der Waals surface area contributed by atoms with E-state index in [9.17, 15) is 0 Å². The summed E-state index contributed by atoms with van der Waals surface area (Å²) in [5.74, 6) is 5.05. The van der Waals surface area contributed by atoms with Crippen molar-refractivity contribution in [3.8, 4) is 0 Å². The van der Waals surface area contributed by atoms with Crippen molar-refractivity contribution >= 4 is 24.8 Å². The van der Waals surface area contributed by atoms with Crippen molar-refractivity contribution in [2.75, 3.05) is 27.2 Å². The maximum atomic E-state index is 5.05. The molecule has 0 unspecified atom stereocenters. The van der Waals surface area contributed by atoms with Gasteiger partial charge in [0.25, 0.3) is 0 Å². The second-order valence-electron chi connectivity index (χ2n) is 2.11. The molecule has 3 N–H and O–H groups in total. The fourth-order valence-electron chi connectivity index (χ4n) is 0.497. The molecule has 0 aliphatic heterocycles. The van der Waals surface area contributed by atoms with E-state index >= 15 is 0 Å². The molecule has 0 atom stereocenters. The minimum atomic E-state index is 0. The lowest BCUT2D eigenvalue weighted by atomic mass is 10.4. The average molecular weight is 190 g/mol. The van der Waals surface area contributed by atoms with Gasteiger partial charge >= 0.3 is 0 Å². The van der Waals surface area contributed by atoms with Crippen LogP contribution in [0.3, 0.4) is 0 Å². The highest BCUT2D eigenvalue weighted by molar-refractivity contribution is 5.85. The van der Waals surface area contributed by atoms with Crippen molar-refractivity contribution in [1.82, 2.24) is 10.3 Å². The largest absolute Gasteiger partial charge is 0.309 e. The summed E-state index contributed by atoms with van der Waals surface area (Å²) in [5, 5.41) is 0. The van der Waals surface area contributed by atoms with Crippen molar-refractivity contribution in [3.63, 3.8) is 0 Å². The standard InChI is InChI=1S/C5H15N3.2ClH/c1-8(2)5-3-4-7-6;;/h7H,3-6H2,1-2H3;2*1H. The molecule has 0 aromatic heterocycles. The van der Waals surface area contributed by atoms with E-state index in [2.05, 4.69) is 24.4 Å². The van der Waals surface area contributed by atoms with Gasteiger partial charge in [-0.2, -0.15) is 0 Å². The zero-order valence-electron chi connectivity index (χ0n) is 6.46. The van der Waals surface area contributed by atoms with E-state index in [1.54, 1.807) is 0 Å². The quantitative estimate of drug-likeness (QED) is 0.379. The number of nitrogens with zero attached hydrogens (tertiary/aromatic N) is 1. The number of nitrogens with one attached hydrogen (secondary N) is 1. The van der Waals surface area contributed by atoms with Crippen LogP contribution in [0.25, 0.3) is 0 Å². The Morgan fingerprint density at radius 3 is 2.10 bits per heavy atom. The molecule has 5 heteroatoms. The summed E-state index contributed by atoms with van der Waals surface area (Å²) in [6, 6.07) is 0. The Morgan fingerprint density at radius 2 is 1.80 bits per heavy atom. The summed E-state index contributed by atoms with van der Waals surface area (Å²) < 4.78 is 0. The first-order valence-electron chi connectivity index (χ1n) is 2.85. The van der Waals surface area contributed by atoms with Crippen LogP contribution in [0, 0.1) is 0 Å². The lowest BCUT2D eigenvalue weighted by Gasteiger charge is -2.07. The molecule has 0 radical (unpaired) electrons. The zero-order valence-corrected chi connectivity index (χ0v) is 8.10. The number of hydrogen-bond donors (Lipinski definition) is 2. The summed E-state index contributed by atoms with van der Waals surface area (Å²) in [6.45, 7) is 2.00. The van der Waals surface area contributed by atoms with E-state index in [0.717, 1.165) is 19.5 Å². The Morgan fingerprint density at radius 1 is 1.30 bits per heavy atom. The van der Waals surface area contributed by atoms with Gasteiger partial charge in [-0.05, 0) is 27.1 Å². The Balaban J connectivity index is -0.000000245. The van der Waals surface area contributed by atoms with Crippen LogP contribution in [0.4, 0.5) is 0 Å². The second-order valence-corrected chi connectivity index (χ2v) is 2.11. The van der Waals surface area contributed by atoms with Crippen molar-refractivity contribution in [1.29, 1.82) is 0 Å². The SMILES string of the molecule is CN(C)CCCNN.Cl.Cl. The molecule has 0 fully saturated rings. The van der Waals surface area contributed by atoms with Gasteiger partial charge in [0.15, 0.2) is 0 Å². The predicted octanol–water partition coefficient (Wildman–Crippen LogP) is 0.245. The summed E-state index contributed by atoms with van der Waals surface area (Å²) in [4.78, 5) is 2.14. The molecular formula is C5H17Cl2N3. The van der Waals surface area contributed by atoms with Gasteiger partial charge in [0.05, 0.1) is 0 Å². The van der Waals surface area contributed by atoms with Gasteiger partial charge < -0.3 is 4.90 Å². The van der Waals surface area contributed by atoms with Crippen molar-refractivity contribution in [2.24, 2.45) is 5.84 Å². The normalized spacial score (nSPS) is 8.40. The molecule has 0 aliphatic rings. The molecule has 66 valence electrons. The van der Waals surface area contributed by atoms with Crippen LogP contribution in [0.2, 0.25) is 0 Å². The van der Waals surface area contributed by atoms with Crippen LogP contribution < -0.4 is 11.3 Å². The monoisotopic (exact) mass is 189 g/mol. The zero-order chi connectivity index (χ0) is 6.41. The minimum Gasteiger partial charge on any atom is -0.309 e. The summed E-state index contributed by atoms with van der Waals surface area (Å²) >= 11 is 0. The van der Waals surface area contributed by atoms with Crippen molar-refractivity contribution in [2.45, 2.75) is 6.42 Å². The molecule has 0 saturated heterocycles. The molecule has 0 aromatic rings. The van der Waals surface area contributed by atoms with E-state index in [-0.39, 0.29) is 24.8 Å². The predicted molar refractivity (Wildman–Crippen MR) is 49.9 cm³/mol. The first-order chi connectivity index (χ1) is 3.77.